The average Bonchev–Trinajstić information content (AvgIpc) is 3.36. The van der Waals surface area contributed by atoms with Crippen molar-refractivity contribution in [1.29, 1.82) is 0 Å². The number of allylic oxidation sites excluding steroid dienone is 1. The lowest BCUT2D eigenvalue weighted by Gasteiger charge is -2.28. The molecule has 1 fully saturated rings. The molecular formula is C65H49N. The number of nitrogens with zero attached hydrogens (tertiary/aromatic N) is 1. The molecule has 0 N–H and O–H groups in total. The summed E-state index contributed by atoms with van der Waals surface area (Å²) in [5.74, 6) is 0. The molecule has 0 heterocycles. The van der Waals surface area contributed by atoms with Gasteiger partial charge in [0.05, 0.1) is 5.69 Å². The van der Waals surface area contributed by atoms with Crippen molar-refractivity contribution in [1.82, 2.24) is 0 Å². The smallest absolute Gasteiger partial charge is 0.0540 e. The fraction of sp³-hybridized carbons (Fsp3) is 0.108. The molecule has 0 aromatic heterocycles. The molecule has 13 rings (SSSR count). The highest BCUT2D eigenvalue weighted by Crippen LogP contribution is 2.50. The first-order valence-electron chi connectivity index (χ1n) is 23.8. The third-order valence-electron chi connectivity index (χ3n) is 14.7. The van der Waals surface area contributed by atoms with Crippen molar-refractivity contribution in [2.24, 2.45) is 0 Å². The van der Waals surface area contributed by atoms with E-state index in [2.05, 4.69) is 219 Å². The minimum atomic E-state index is 1.12. The van der Waals surface area contributed by atoms with Crippen LogP contribution in [0.4, 0.5) is 17.1 Å². The zero-order valence-electron chi connectivity index (χ0n) is 37.5. The number of rotatable bonds is 7. The molecule has 0 spiro atoms. The summed E-state index contributed by atoms with van der Waals surface area (Å²) in [6.07, 6.45) is 11.2. The molecule has 0 aliphatic heterocycles. The minimum absolute atomic E-state index is 1.12. The van der Waals surface area contributed by atoms with Crippen LogP contribution >= 0.6 is 0 Å². The van der Waals surface area contributed by atoms with E-state index in [4.69, 9.17) is 0 Å². The summed E-state index contributed by atoms with van der Waals surface area (Å²) in [4.78, 5) is 2.45. The summed E-state index contributed by atoms with van der Waals surface area (Å²) < 4.78 is 0. The van der Waals surface area contributed by atoms with E-state index in [-0.39, 0.29) is 0 Å². The van der Waals surface area contributed by atoms with Crippen LogP contribution in [-0.4, -0.2) is 0 Å². The Labute approximate surface area is 386 Å². The maximum Gasteiger partial charge on any atom is 0.0540 e. The van der Waals surface area contributed by atoms with Crippen LogP contribution in [0.2, 0.25) is 0 Å². The molecule has 1 nitrogen and oxygen atoms in total. The second-order valence-corrected chi connectivity index (χ2v) is 18.8. The molecule has 1 aliphatic carbocycles. The molecule has 12 aromatic carbocycles. The zero-order chi connectivity index (χ0) is 43.9. The van der Waals surface area contributed by atoms with Gasteiger partial charge in [0.1, 0.15) is 0 Å². The topological polar surface area (TPSA) is 3.24 Å². The second-order valence-electron chi connectivity index (χ2n) is 18.8. The lowest BCUT2D eigenvalue weighted by molar-refractivity contribution is 0.602. The van der Waals surface area contributed by atoms with Crippen molar-refractivity contribution < 1.29 is 0 Å². The van der Waals surface area contributed by atoms with Gasteiger partial charge in [-0.15, -0.1) is 0 Å². The van der Waals surface area contributed by atoms with E-state index in [1.54, 1.807) is 5.57 Å². The van der Waals surface area contributed by atoms with Crippen LogP contribution in [-0.2, 0) is 0 Å². The van der Waals surface area contributed by atoms with E-state index in [9.17, 15) is 0 Å². The maximum absolute atomic E-state index is 2.45. The van der Waals surface area contributed by atoms with Crippen molar-refractivity contribution in [3.8, 4) is 0 Å². The molecule has 0 amide bonds. The Bertz CT molecular complexity index is 3760. The van der Waals surface area contributed by atoms with E-state index in [1.165, 1.54) is 152 Å². The minimum Gasteiger partial charge on any atom is -0.310 e. The normalized spacial score (nSPS) is 13.7. The molecule has 0 atom stereocenters. The van der Waals surface area contributed by atoms with Gasteiger partial charge in [-0.2, -0.15) is 0 Å². The van der Waals surface area contributed by atoms with Crippen molar-refractivity contribution in [3.05, 3.63) is 227 Å². The molecular weight excluding hydrogens is 795 g/mol. The fourth-order valence-corrected chi connectivity index (χ4v) is 11.4. The van der Waals surface area contributed by atoms with Gasteiger partial charge in [-0.05, 0) is 174 Å². The Morgan fingerprint density at radius 2 is 0.818 bits per heavy atom. The highest BCUT2D eigenvalue weighted by Gasteiger charge is 2.22. The van der Waals surface area contributed by atoms with E-state index >= 15 is 0 Å². The number of anilines is 3. The molecule has 1 saturated carbocycles. The molecule has 0 unspecified atom stereocenters. The summed E-state index contributed by atoms with van der Waals surface area (Å²) in [6.45, 7) is 4.32. The number of fused-ring (bicyclic) bond motifs is 4. The number of hydrogen-bond donors (Lipinski definition) is 0. The van der Waals surface area contributed by atoms with Gasteiger partial charge in [0, 0.05) is 16.8 Å². The predicted molar refractivity (Wildman–Crippen MR) is 286 cm³/mol. The Kier molecular flexibility index (Phi) is 9.07. The third kappa shape index (κ3) is 6.29. The number of benzene rings is 12. The molecule has 0 radical (unpaired) electrons. The van der Waals surface area contributed by atoms with Gasteiger partial charge in [-0.25, -0.2) is 0 Å². The molecule has 12 aromatic rings. The summed E-state index contributed by atoms with van der Waals surface area (Å²) >= 11 is 0. The van der Waals surface area contributed by atoms with Crippen LogP contribution in [0, 0.1) is 13.8 Å². The monoisotopic (exact) mass is 843 g/mol. The highest BCUT2D eigenvalue weighted by atomic mass is 15.1. The van der Waals surface area contributed by atoms with Crippen LogP contribution in [0.25, 0.3) is 93.1 Å². The standard InChI is InChI=1S/C65H49N/c1-41-17-25-46(26-18-41)60(47-27-21-44(22-28-47)39-43-9-4-3-5-10-43)40-45-23-31-50(32-24-45)66(49-29-19-42(2)20-30-49)61-38-37-54-58-36-34-56-52-14-7-12-48-11-6-13-51(62(48)52)55-33-35-57(65(58)64(55)56)53-15-8-16-59(61)63(53)54/h6-8,11-40H,3-5,9-10H2,1-2H3. The largest absolute Gasteiger partial charge is 0.310 e. The Hall–Kier alpha value is -7.74. The van der Waals surface area contributed by atoms with Crippen LogP contribution in [0.1, 0.15) is 65.5 Å². The summed E-state index contributed by atoms with van der Waals surface area (Å²) in [5, 5.41) is 18.5. The van der Waals surface area contributed by atoms with E-state index < -0.39 is 0 Å². The van der Waals surface area contributed by atoms with Gasteiger partial charge < -0.3 is 4.90 Å². The summed E-state index contributed by atoms with van der Waals surface area (Å²) in [7, 11) is 0. The fourth-order valence-electron chi connectivity index (χ4n) is 11.4. The lowest BCUT2D eigenvalue weighted by atomic mass is 9.84. The molecule has 314 valence electrons. The first kappa shape index (κ1) is 38.7. The Morgan fingerprint density at radius 1 is 0.379 bits per heavy atom. The molecule has 66 heavy (non-hydrogen) atoms. The lowest BCUT2D eigenvalue weighted by Crippen LogP contribution is -2.10. The molecule has 1 heteroatoms. The Morgan fingerprint density at radius 3 is 1.41 bits per heavy atom. The Balaban J connectivity index is 0.952. The predicted octanol–water partition coefficient (Wildman–Crippen LogP) is 18.7. The number of aryl methyl sites for hydroxylation is 2. The summed E-state index contributed by atoms with van der Waals surface area (Å²) in [5.41, 5.74) is 13.7. The van der Waals surface area contributed by atoms with Gasteiger partial charge in [0.15, 0.2) is 0 Å². The number of hydrogen-bond acceptors (Lipinski definition) is 1. The van der Waals surface area contributed by atoms with Crippen LogP contribution in [0.3, 0.4) is 0 Å². The maximum atomic E-state index is 2.45. The van der Waals surface area contributed by atoms with Gasteiger partial charge in [0.25, 0.3) is 0 Å². The van der Waals surface area contributed by atoms with E-state index in [0.29, 0.717) is 0 Å². The first-order valence-corrected chi connectivity index (χ1v) is 23.8. The quantitative estimate of drug-likeness (QED) is 0.0878. The van der Waals surface area contributed by atoms with Crippen LogP contribution < -0.4 is 4.90 Å². The molecule has 0 bridgehead atoms. The molecule has 1 aliphatic rings. The van der Waals surface area contributed by atoms with Gasteiger partial charge >= 0.3 is 0 Å². The van der Waals surface area contributed by atoms with Gasteiger partial charge in [-0.1, -0.05) is 187 Å². The van der Waals surface area contributed by atoms with E-state index in [0.717, 1.165) is 11.4 Å². The van der Waals surface area contributed by atoms with E-state index in [1.807, 2.05) is 0 Å². The van der Waals surface area contributed by atoms with Crippen molar-refractivity contribution in [2.45, 2.75) is 46.0 Å². The molecule has 0 saturated heterocycles. The van der Waals surface area contributed by atoms with Gasteiger partial charge in [-0.3, -0.25) is 0 Å². The van der Waals surface area contributed by atoms with Crippen molar-refractivity contribution in [2.75, 3.05) is 4.90 Å². The van der Waals surface area contributed by atoms with Crippen molar-refractivity contribution >= 4 is 110 Å². The zero-order valence-corrected chi connectivity index (χ0v) is 37.5. The van der Waals surface area contributed by atoms with Crippen molar-refractivity contribution in [3.63, 3.8) is 0 Å². The summed E-state index contributed by atoms with van der Waals surface area (Å²) in [6, 6.07) is 71.0. The second kappa shape index (κ2) is 15.5. The van der Waals surface area contributed by atoms with Crippen LogP contribution in [0.15, 0.2) is 194 Å². The average molecular weight is 844 g/mol. The SMILES string of the molecule is Cc1ccc(C(=Cc2ccc(N(c3ccc(C)cc3)c3ccc4c5ccc6c7cccc8cccc(c9ccc(c%10cccc3c%104)c5c96)c87)cc2)c2ccc(C=C3CCCCC3)cc2)cc1. The first-order chi connectivity index (χ1) is 32.5. The van der Waals surface area contributed by atoms with Crippen LogP contribution in [0.5, 0.6) is 0 Å². The van der Waals surface area contributed by atoms with Gasteiger partial charge in [0.2, 0.25) is 0 Å². The highest BCUT2D eigenvalue weighted by molar-refractivity contribution is 6.42. The third-order valence-corrected chi connectivity index (χ3v) is 14.7.